The van der Waals surface area contributed by atoms with Gasteiger partial charge in [-0.05, 0) is 54.4 Å². The summed E-state index contributed by atoms with van der Waals surface area (Å²) in [5.41, 5.74) is 0. The Kier molecular flexibility index (Phi) is 5.83. The van der Waals surface area contributed by atoms with E-state index in [4.69, 9.17) is 0 Å². The van der Waals surface area contributed by atoms with Crippen LogP contribution in [0.5, 0.6) is 0 Å². The maximum Gasteiger partial charge on any atom is 0.186 e. The summed E-state index contributed by atoms with van der Waals surface area (Å²) in [5.74, 6) is 0.872. The second-order valence-electron chi connectivity index (χ2n) is 4.92. The van der Waals surface area contributed by atoms with Gasteiger partial charge in [-0.2, -0.15) is 0 Å². The SMILES string of the molecule is CC(C)CC(C)N(C)CC(=O)c1ccc(Br)s1. The zero-order valence-electron chi connectivity index (χ0n) is 10.9. The quantitative estimate of drug-likeness (QED) is 0.737. The molecule has 0 aliphatic rings. The lowest BCUT2D eigenvalue weighted by molar-refractivity contribution is 0.0920. The summed E-state index contributed by atoms with van der Waals surface area (Å²) in [5, 5.41) is 0. The Balaban J connectivity index is 2.51. The van der Waals surface area contributed by atoms with Crippen molar-refractivity contribution >= 4 is 33.0 Å². The number of hydrogen-bond acceptors (Lipinski definition) is 3. The number of hydrogen-bond donors (Lipinski definition) is 0. The first-order valence-corrected chi connectivity index (χ1v) is 7.50. The number of Topliss-reactive ketones (excluding diaryl/α,β-unsaturated/α-hetero) is 1. The highest BCUT2D eigenvalue weighted by Crippen LogP contribution is 2.22. The number of ketones is 1. The molecule has 0 fully saturated rings. The molecule has 1 atom stereocenters. The summed E-state index contributed by atoms with van der Waals surface area (Å²) in [6, 6.07) is 4.26. The van der Waals surface area contributed by atoms with E-state index in [1.165, 1.54) is 11.3 Å². The van der Waals surface area contributed by atoms with E-state index in [9.17, 15) is 4.79 Å². The molecule has 96 valence electrons. The summed E-state index contributed by atoms with van der Waals surface area (Å²) >= 11 is 4.88. The van der Waals surface area contributed by atoms with Gasteiger partial charge in [-0.15, -0.1) is 11.3 Å². The molecule has 1 heterocycles. The van der Waals surface area contributed by atoms with Crippen molar-refractivity contribution in [1.29, 1.82) is 0 Å². The van der Waals surface area contributed by atoms with Gasteiger partial charge in [0.05, 0.1) is 15.2 Å². The molecule has 0 radical (unpaired) electrons. The van der Waals surface area contributed by atoms with Gasteiger partial charge in [0.25, 0.3) is 0 Å². The first-order valence-electron chi connectivity index (χ1n) is 5.89. The molecule has 1 aromatic heterocycles. The van der Waals surface area contributed by atoms with Gasteiger partial charge in [0.1, 0.15) is 0 Å². The fourth-order valence-corrected chi connectivity index (χ4v) is 3.10. The molecule has 0 saturated heterocycles. The van der Waals surface area contributed by atoms with Crippen molar-refractivity contribution in [3.8, 4) is 0 Å². The van der Waals surface area contributed by atoms with Crippen LogP contribution >= 0.6 is 27.3 Å². The average molecular weight is 318 g/mol. The largest absolute Gasteiger partial charge is 0.296 e. The topological polar surface area (TPSA) is 20.3 Å². The minimum atomic E-state index is 0.207. The minimum absolute atomic E-state index is 0.207. The Morgan fingerprint density at radius 3 is 2.53 bits per heavy atom. The Morgan fingerprint density at radius 1 is 1.41 bits per heavy atom. The van der Waals surface area contributed by atoms with Gasteiger partial charge in [0.2, 0.25) is 0 Å². The molecule has 0 saturated carbocycles. The van der Waals surface area contributed by atoms with Crippen LogP contribution in [0.1, 0.15) is 36.9 Å². The molecule has 0 bridgehead atoms. The van der Waals surface area contributed by atoms with Crippen LogP contribution in [0.4, 0.5) is 0 Å². The molecule has 17 heavy (non-hydrogen) atoms. The summed E-state index contributed by atoms with van der Waals surface area (Å²) in [6.45, 7) is 7.10. The van der Waals surface area contributed by atoms with Gasteiger partial charge >= 0.3 is 0 Å². The summed E-state index contributed by atoms with van der Waals surface area (Å²) in [4.78, 5) is 15.0. The smallest absolute Gasteiger partial charge is 0.186 e. The lowest BCUT2D eigenvalue weighted by Crippen LogP contribution is -2.34. The van der Waals surface area contributed by atoms with E-state index >= 15 is 0 Å². The first-order chi connectivity index (χ1) is 7.90. The predicted octanol–water partition coefficient (Wildman–Crippen LogP) is 4.06. The third-order valence-corrected chi connectivity index (χ3v) is 4.47. The van der Waals surface area contributed by atoms with Gasteiger partial charge in [-0.3, -0.25) is 9.69 Å². The molecule has 0 aromatic carbocycles. The Labute approximate surface area is 116 Å². The molecule has 0 spiro atoms. The Hall–Kier alpha value is -0.190. The van der Waals surface area contributed by atoms with Crippen LogP contribution in [0.25, 0.3) is 0 Å². The summed E-state index contributed by atoms with van der Waals surface area (Å²) < 4.78 is 1.01. The van der Waals surface area contributed by atoms with Crippen molar-refractivity contribution in [3.05, 3.63) is 20.8 Å². The molecule has 0 aliphatic heterocycles. The molecule has 4 heteroatoms. The lowest BCUT2D eigenvalue weighted by atomic mass is 10.0. The third-order valence-electron chi connectivity index (χ3n) is 2.81. The lowest BCUT2D eigenvalue weighted by Gasteiger charge is -2.25. The highest BCUT2D eigenvalue weighted by molar-refractivity contribution is 9.11. The van der Waals surface area contributed by atoms with Crippen molar-refractivity contribution in [2.75, 3.05) is 13.6 Å². The van der Waals surface area contributed by atoms with Gasteiger partial charge in [-0.1, -0.05) is 13.8 Å². The fraction of sp³-hybridized carbons (Fsp3) is 0.615. The monoisotopic (exact) mass is 317 g/mol. The molecule has 2 nitrogen and oxygen atoms in total. The fourth-order valence-electron chi connectivity index (χ4n) is 1.79. The predicted molar refractivity (Wildman–Crippen MR) is 77.9 cm³/mol. The molecule has 0 N–H and O–H groups in total. The van der Waals surface area contributed by atoms with Crippen molar-refractivity contribution in [3.63, 3.8) is 0 Å². The van der Waals surface area contributed by atoms with Crippen molar-refractivity contribution in [2.24, 2.45) is 5.92 Å². The highest BCUT2D eigenvalue weighted by atomic mass is 79.9. The second-order valence-corrected chi connectivity index (χ2v) is 7.38. The normalized spacial score (nSPS) is 13.4. The van der Waals surface area contributed by atoms with E-state index in [1.54, 1.807) is 0 Å². The standard InChI is InChI=1S/C13H20BrNOS/c1-9(2)7-10(3)15(4)8-11(16)12-5-6-13(14)17-12/h5-6,9-10H,7-8H2,1-4H3. The second kappa shape index (κ2) is 6.66. The third kappa shape index (κ3) is 4.90. The maximum absolute atomic E-state index is 12.0. The number of rotatable bonds is 6. The Morgan fingerprint density at radius 2 is 2.06 bits per heavy atom. The van der Waals surface area contributed by atoms with Gasteiger partial charge in [0, 0.05) is 6.04 Å². The average Bonchev–Trinajstić information content (AvgIpc) is 2.63. The van der Waals surface area contributed by atoms with Gasteiger partial charge in [-0.25, -0.2) is 0 Å². The van der Waals surface area contributed by atoms with Crippen molar-refractivity contribution in [1.82, 2.24) is 4.90 Å². The molecule has 1 unspecified atom stereocenters. The molecule has 0 amide bonds. The van der Waals surface area contributed by atoms with Crippen LogP contribution < -0.4 is 0 Å². The van der Waals surface area contributed by atoms with Crippen LogP contribution in [-0.4, -0.2) is 30.3 Å². The van der Waals surface area contributed by atoms with E-state index in [0.717, 1.165) is 15.1 Å². The molecule has 1 rings (SSSR count). The number of likely N-dealkylation sites (N-methyl/N-ethyl adjacent to an activating group) is 1. The van der Waals surface area contributed by atoms with E-state index in [1.807, 2.05) is 19.2 Å². The zero-order chi connectivity index (χ0) is 13.0. The van der Waals surface area contributed by atoms with Crippen molar-refractivity contribution in [2.45, 2.75) is 33.2 Å². The number of halogens is 1. The summed E-state index contributed by atoms with van der Waals surface area (Å²) in [7, 11) is 2.02. The van der Waals surface area contributed by atoms with Gasteiger partial charge < -0.3 is 0 Å². The summed E-state index contributed by atoms with van der Waals surface area (Å²) in [6.07, 6.45) is 1.12. The minimum Gasteiger partial charge on any atom is -0.296 e. The van der Waals surface area contributed by atoms with Crippen LogP contribution in [-0.2, 0) is 0 Å². The Bertz CT molecular complexity index is 375. The highest BCUT2D eigenvalue weighted by Gasteiger charge is 2.16. The number of carbonyl (C=O) groups excluding carboxylic acids is 1. The van der Waals surface area contributed by atoms with Crippen LogP contribution in [0.3, 0.4) is 0 Å². The van der Waals surface area contributed by atoms with E-state index in [-0.39, 0.29) is 5.78 Å². The first kappa shape index (κ1) is 14.9. The van der Waals surface area contributed by atoms with E-state index in [0.29, 0.717) is 18.5 Å². The van der Waals surface area contributed by atoms with Crippen LogP contribution in [0, 0.1) is 5.92 Å². The van der Waals surface area contributed by atoms with E-state index in [2.05, 4.69) is 41.6 Å². The molecule has 1 aromatic rings. The molecular formula is C13H20BrNOS. The zero-order valence-corrected chi connectivity index (χ0v) is 13.3. The maximum atomic E-state index is 12.0. The van der Waals surface area contributed by atoms with Crippen LogP contribution in [0.2, 0.25) is 0 Å². The van der Waals surface area contributed by atoms with E-state index < -0.39 is 0 Å². The van der Waals surface area contributed by atoms with Crippen LogP contribution in [0.15, 0.2) is 15.9 Å². The molecule has 0 aliphatic carbocycles. The molecular weight excluding hydrogens is 298 g/mol. The number of nitrogens with zero attached hydrogens (tertiary/aromatic N) is 1. The number of thiophene rings is 1. The number of carbonyl (C=O) groups is 1. The van der Waals surface area contributed by atoms with Crippen molar-refractivity contribution < 1.29 is 4.79 Å². The van der Waals surface area contributed by atoms with Gasteiger partial charge in [0.15, 0.2) is 5.78 Å².